The summed E-state index contributed by atoms with van der Waals surface area (Å²) in [5.74, 6) is 3.65. The van der Waals surface area contributed by atoms with E-state index in [-0.39, 0.29) is 24.0 Å². The molecule has 0 saturated carbocycles. The first-order chi connectivity index (χ1) is 12.1. The number of rotatable bonds is 6. The van der Waals surface area contributed by atoms with Crippen LogP contribution in [-0.4, -0.2) is 51.8 Å². The molecule has 148 valence electrons. The molecule has 1 aliphatic rings. The first-order valence-electron chi connectivity index (χ1n) is 8.96. The fourth-order valence-corrected chi connectivity index (χ4v) is 3.22. The summed E-state index contributed by atoms with van der Waals surface area (Å²) in [6.07, 6.45) is 2.51. The molecule has 1 aliphatic heterocycles. The molecule has 0 amide bonds. The third-order valence-electron chi connectivity index (χ3n) is 4.43. The number of ether oxygens (including phenoxy) is 3. The fraction of sp³-hybridized carbons (Fsp3) is 0.632. The van der Waals surface area contributed by atoms with Crippen LogP contribution in [-0.2, 0) is 6.54 Å². The molecule has 1 saturated heterocycles. The number of nitrogens with zero attached hydrogens (tertiary/aromatic N) is 2. The molecular formula is C19H32IN3O3. The summed E-state index contributed by atoms with van der Waals surface area (Å²) in [5.41, 5.74) is 1.06. The summed E-state index contributed by atoms with van der Waals surface area (Å²) >= 11 is 0. The van der Waals surface area contributed by atoms with E-state index in [0.717, 1.165) is 24.6 Å². The average molecular weight is 477 g/mol. The second-order valence-electron chi connectivity index (χ2n) is 6.36. The molecular weight excluding hydrogens is 445 g/mol. The van der Waals surface area contributed by atoms with Crippen molar-refractivity contribution in [3.8, 4) is 17.2 Å². The smallest absolute Gasteiger partial charge is 0.203 e. The monoisotopic (exact) mass is 477 g/mol. The summed E-state index contributed by atoms with van der Waals surface area (Å²) in [6, 6.07) is 3.96. The van der Waals surface area contributed by atoms with E-state index in [1.165, 1.54) is 12.8 Å². The van der Waals surface area contributed by atoms with Crippen LogP contribution in [0.4, 0.5) is 0 Å². The molecule has 1 fully saturated rings. The number of piperidine rings is 1. The van der Waals surface area contributed by atoms with E-state index < -0.39 is 0 Å². The van der Waals surface area contributed by atoms with Gasteiger partial charge in [-0.25, -0.2) is 0 Å². The van der Waals surface area contributed by atoms with Crippen LogP contribution in [0.3, 0.4) is 0 Å². The van der Waals surface area contributed by atoms with Gasteiger partial charge in [-0.3, -0.25) is 4.99 Å². The van der Waals surface area contributed by atoms with Gasteiger partial charge in [-0.15, -0.1) is 24.0 Å². The van der Waals surface area contributed by atoms with Gasteiger partial charge in [0.2, 0.25) is 5.75 Å². The van der Waals surface area contributed by atoms with Crippen molar-refractivity contribution < 1.29 is 14.2 Å². The van der Waals surface area contributed by atoms with Crippen LogP contribution in [0.1, 0.15) is 32.3 Å². The first kappa shape index (κ1) is 22.7. The lowest BCUT2D eigenvalue weighted by molar-refractivity contribution is 0.266. The molecule has 1 N–H and O–H groups in total. The van der Waals surface area contributed by atoms with Crippen molar-refractivity contribution in [2.24, 2.45) is 10.9 Å². The number of benzene rings is 1. The molecule has 0 aliphatic carbocycles. The van der Waals surface area contributed by atoms with Crippen molar-refractivity contribution in [1.29, 1.82) is 0 Å². The normalized spacial score (nSPS) is 17.3. The Kier molecular flexibility index (Phi) is 9.90. The van der Waals surface area contributed by atoms with E-state index in [4.69, 9.17) is 14.2 Å². The topological polar surface area (TPSA) is 55.3 Å². The average Bonchev–Trinajstić information content (AvgIpc) is 2.63. The highest BCUT2D eigenvalue weighted by Crippen LogP contribution is 2.38. The molecule has 7 heteroatoms. The van der Waals surface area contributed by atoms with Crippen LogP contribution >= 0.6 is 24.0 Å². The van der Waals surface area contributed by atoms with Crippen molar-refractivity contribution >= 4 is 29.9 Å². The highest BCUT2D eigenvalue weighted by molar-refractivity contribution is 14.0. The maximum absolute atomic E-state index is 5.66. The van der Waals surface area contributed by atoms with Gasteiger partial charge in [0.15, 0.2) is 17.5 Å². The van der Waals surface area contributed by atoms with Crippen LogP contribution in [0, 0.1) is 5.92 Å². The quantitative estimate of drug-likeness (QED) is 0.386. The predicted molar refractivity (Wildman–Crippen MR) is 116 cm³/mol. The molecule has 0 spiro atoms. The molecule has 26 heavy (non-hydrogen) atoms. The number of halogens is 1. The summed E-state index contributed by atoms with van der Waals surface area (Å²) < 4.78 is 16.6. The lowest BCUT2D eigenvalue weighted by atomic mass is 10.0. The minimum absolute atomic E-state index is 0. The van der Waals surface area contributed by atoms with Crippen molar-refractivity contribution in [3.63, 3.8) is 0 Å². The summed E-state index contributed by atoms with van der Waals surface area (Å²) in [4.78, 5) is 6.77. The van der Waals surface area contributed by atoms with Gasteiger partial charge in [-0.2, -0.15) is 0 Å². The number of guanidine groups is 1. The van der Waals surface area contributed by atoms with Gasteiger partial charge in [0.1, 0.15) is 0 Å². The second-order valence-corrected chi connectivity index (χ2v) is 6.36. The van der Waals surface area contributed by atoms with E-state index in [2.05, 4.69) is 22.1 Å². The van der Waals surface area contributed by atoms with E-state index in [1.54, 1.807) is 14.2 Å². The Hall–Kier alpha value is -1.38. The Morgan fingerprint density at radius 1 is 1.27 bits per heavy atom. The van der Waals surface area contributed by atoms with Crippen LogP contribution in [0.5, 0.6) is 17.2 Å². The van der Waals surface area contributed by atoms with Crippen molar-refractivity contribution in [3.05, 3.63) is 17.7 Å². The minimum atomic E-state index is 0. The number of hydrogen-bond acceptors (Lipinski definition) is 4. The van der Waals surface area contributed by atoms with Crippen molar-refractivity contribution in [2.45, 2.75) is 33.2 Å². The van der Waals surface area contributed by atoms with E-state index >= 15 is 0 Å². The van der Waals surface area contributed by atoms with Gasteiger partial charge in [-0.05, 0) is 43.4 Å². The number of hydrogen-bond donors (Lipinski definition) is 1. The predicted octanol–water partition coefficient (Wildman–Crippen LogP) is 3.53. The first-order valence-corrected chi connectivity index (χ1v) is 8.96. The van der Waals surface area contributed by atoms with Gasteiger partial charge in [0.05, 0.1) is 20.8 Å². The highest BCUT2D eigenvalue weighted by atomic mass is 127. The standard InChI is InChI=1S/C19H31N3O3.HI/c1-6-25-18-16(23-4)10-15(11-17(18)24-5)12-21-19(20-3)22-9-7-8-14(2)13-22;/h10-11,14H,6-9,12-13H2,1-5H3,(H,20,21);1H. The lowest BCUT2D eigenvalue weighted by Gasteiger charge is -2.33. The zero-order valence-electron chi connectivity index (χ0n) is 16.5. The molecule has 2 rings (SSSR count). The number of methoxy groups -OCH3 is 2. The summed E-state index contributed by atoms with van der Waals surface area (Å²) in [7, 11) is 5.12. The van der Waals surface area contributed by atoms with Gasteiger partial charge in [-0.1, -0.05) is 6.92 Å². The summed E-state index contributed by atoms with van der Waals surface area (Å²) in [5, 5.41) is 3.45. The van der Waals surface area contributed by atoms with Crippen LogP contribution < -0.4 is 19.5 Å². The molecule has 0 radical (unpaired) electrons. The molecule has 1 aromatic rings. The Balaban J connectivity index is 0.00000338. The largest absolute Gasteiger partial charge is 0.493 e. The molecule has 6 nitrogen and oxygen atoms in total. The van der Waals surface area contributed by atoms with Gasteiger partial charge >= 0.3 is 0 Å². The molecule has 1 atom stereocenters. The minimum Gasteiger partial charge on any atom is -0.493 e. The van der Waals surface area contributed by atoms with Crippen molar-refractivity contribution in [2.75, 3.05) is 41.0 Å². The maximum atomic E-state index is 5.66. The third kappa shape index (κ3) is 5.82. The molecule has 1 aromatic carbocycles. The van der Waals surface area contributed by atoms with Crippen LogP contribution in [0.2, 0.25) is 0 Å². The Morgan fingerprint density at radius 2 is 1.92 bits per heavy atom. The lowest BCUT2D eigenvalue weighted by Crippen LogP contribution is -2.45. The Morgan fingerprint density at radius 3 is 2.42 bits per heavy atom. The molecule has 0 aromatic heterocycles. The number of aliphatic imine (C=N–C) groups is 1. The summed E-state index contributed by atoms with van der Waals surface area (Å²) in [6.45, 7) is 7.55. The fourth-order valence-electron chi connectivity index (χ4n) is 3.22. The zero-order chi connectivity index (χ0) is 18.2. The van der Waals surface area contributed by atoms with Crippen molar-refractivity contribution in [1.82, 2.24) is 10.2 Å². The Labute approximate surface area is 174 Å². The van der Waals surface area contributed by atoms with E-state index in [0.29, 0.717) is 36.3 Å². The van der Waals surface area contributed by atoms with Gasteiger partial charge < -0.3 is 24.4 Å². The van der Waals surface area contributed by atoms with E-state index in [9.17, 15) is 0 Å². The molecule has 1 unspecified atom stereocenters. The van der Waals surface area contributed by atoms with Crippen LogP contribution in [0.25, 0.3) is 0 Å². The SMILES string of the molecule is CCOc1c(OC)cc(CNC(=NC)N2CCCC(C)C2)cc1OC.I. The van der Waals surface area contributed by atoms with Gasteiger partial charge in [0, 0.05) is 26.7 Å². The molecule has 1 heterocycles. The molecule has 0 bridgehead atoms. The number of nitrogens with one attached hydrogen (secondary N) is 1. The Bertz CT molecular complexity index is 570. The van der Waals surface area contributed by atoms with Gasteiger partial charge in [0.25, 0.3) is 0 Å². The third-order valence-corrected chi connectivity index (χ3v) is 4.43. The zero-order valence-corrected chi connectivity index (χ0v) is 18.8. The maximum Gasteiger partial charge on any atom is 0.203 e. The van der Waals surface area contributed by atoms with Crippen LogP contribution in [0.15, 0.2) is 17.1 Å². The van der Waals surface area contributed by atoms with E-state index in [1.807, 2.05) is 26.1 Å². The highest BCUT2D eigenvalue weighted by Gasteiger charge is 2.19. The number of likely N-dealkylation sites (tertiary alicyclic amines) is 1. The second kappa shape index (κ2) is 11.4.